The lowest BCUT2D eigenvalue weighted by Crippen LogP contribution is -2.29. The van der Waals surface area contributed by atoms with E-state index in [1.165, 1.54) is 25.7 Å². The van der Waals surface area contributed by atoms with Crippen LogP contribution in [0.25, 0.3) is 0 Å². The highest BCUT2D eigenvalue weighted by Gasteiger charge is 2.47. The number of rotatable bonds is 3. The Kier molecular flexibility index (Phi) is 3.10. The molecule has 82 valence electrons. The third-order valence-electron chi connectivity index (χ3n) is 4.12. The summed E-state index contributed by atoms with van der Waals surface area (Å²) in [5.74, 6) is 0.455. The largest absolute Gasteiger partial charge is 0.396 e. The summed E-state index contributed by atoms with van der Waals surface area (Å²) >= 11 is 0. The van der Waals surface area contributed by atoms with Crippen LogP contribution in [0, 0.1) is 11.3 Å². The number of aliphatic hydroxyl groups is 2. The first-order valence-corrected chi connectivity index (χ1v) is 5.75. The highest BCUT2D eigenvalue weighted by atomic mass is 16.3. The van der Waals surface area contributed by atoms with Crippen LogP contribution in [-0.4, -0.2) is 48.0 Å². The molecule has 3 heteroatoms. The van der Waals surface area contributed by atoms with Crippen molar-refractivity contribution in [3.63, 3.8) is 0 Å². The molecule has 1 aliphatic carbocycles. The van der Waals surface area contributed by atoms with Crippen LogP contribution in [0.2, 0.25) is 0 Å². The minimum atomic E-state index is 0.244. The van der Waals surface area contributed by atoms with Crippen LogP contribution in [0.3, 0.4) is 0 Å². The van der Waals surface area contributed by atoms with E-state index < -0.39 is 0 Å². The second kappa shape index (κ2) is 4.17. The summed E-state index contributed by atoms with van der Waals surface area (Å²) in [5.41, 5.74) is 0.393. The van der Waals surface area contributed by atoms with Crippen LogP contribution in [0.15, 0.2) is 0 Å². The lowest BCUT2D eigenvalue weighted by molar-refractivity contribution is 0.137. The summed E-state index contributed by atoms with van der Waals surface area (Å²) in [7, 11) is 0. The number of hydrogen-bond donors (Lipinski definition) is 2. The maximum Gasteiger partial charge on any atom is 0.0558 e. The molecule has 1 atom stereocenters. The molecule has 1 aliphatic heterocycles. The van der Waals surface area contributed by atoms with Gasteiger partial charge in [0.15, 0.2) is 0 Å². The molecule has 0 radical (unpaired) electrons. The maximum atomic E-state index is 9.39. The zero-order valence-corrected chi connectivity index (χ0v) is 8.78. The fourth-order valence-corrected chi connectivity index (χ4v) is 3.35. The van der Waals surface area contributed by atoms with Gasteiger partial charge in [0.05, 0.1) is 6.61 Å². The standard InChI is InChI=1S/C11H21NO2/c13-6-5-12-7-10(8-14)11(9-12)3-1-2-4-11/h10,13-14H,1-9H2/t10-/m1/s1. The summed E-state index contributed by atoms with van der Waals surface area (Å²) < 4.78 is 0. The van der Waals surface area contributed by atoms with Crippen molar-refractivity contribution < 1.29 is 10.2 Å². The molecule has 0 bridgehead atoms. The average molecular weight is 199 g/mol. The van der Waals surface area contributed by atoms with Crippen molar-refractivity contribution >= 4 is 0 Å². The van der Waals surface area contributed by atoms with E-state index in [9.17, 15) is 5.11 Å². The second-order valence-corrected chi connectivity index (χ2v) is 4.91. The Morgan fingerprint density at radius 2 is 1.93 bits per heavy atom. The number of nitrogens with zero attached hydrogens (tertiary/aromatic N) is 1. The third kappa shape index (κ3) is 1.69. The van der Waals surface area contributed by atoms with Gasteiger partial charge >= 0.3 is 0 Å². The van der Waals surface area contributed by atoms with Crippen molar-refractivity contribution in [2.75, 3.05) is 32.8 Å². The van der Waals surface area contributed by atoms with Crippen molar-refractivity contribution in [2.45, 2.75) is 25.7 Å². The first-order valence-electron chi connectivity index (χ1n) is 5.75. The molecule has 2 N–H and O–H groups in total. The topological polar surface area (TPSA) is 43.7 Å². The summed E-state index contributed by atoms with van der Waals surface area (Å²) in [4.78, 5) is 2.31. The first-order chi connectivity index (χ1) is 6.80. The summed E-state index contributed by atoms with van der Waals surface area (Å²) in [5, 5.41) is 18.3. The van der Waals surface area contributed by atoms with Crippen LogP contribution in [0.4, 0.5) is 0 Å². The minimum absolute atomic E-state index is 0.244. The van der Waals surface area contributed by atoms with Gasteiger partial charge in [0.1, 0.15) is 0 Å². The highest BCUT2D eigenvalue weighted by molar-refractivity contribution is 4.98. The van der Waals surface area contributed by atoms with Gasteiger partial charge in [-0.05, 0) is 18.3 Å². The maximum absolute atomic E-state index is 9.39. The molecule has 1 saturated carbocycles. The van der Waals surface area contributed by atoms with E-state index in [2.05, 4.69) is 4.90 Å². The minimum Gasteiger partial charge on any atom is -0.396 e. The van der Waals surface area contributed by atoms with E-state index in [1.807, 2.05) is 0 Å². The Hall–Kier alpha value is -0.120. The van der Waals surface area contributed by atoms with Crippen molar-refractivity contribution in [1.29, 1.82) is 0 Å². The monoisotopic (exact) mass is 199 g/mol. The Labute approximate surface area is 85.7 Å². The average Bonchev–Trinajstić information content (AvgIpc) is 2.76. The van der Waals surface area contributed by atoms with Crippen molar-refractivity contribution in [3.8, 4) is 0 Å². The third-order valence-corrected chi connectivity index (χ3v) is 4.12. The van der Waals surface area contributed by atoms with Gasteiger partial charge in [0, 0.05) is 32.2 Å². The van der Waals surface area contributed by atoms with E-state index in [4.69, 9.17) is 5.11 Å². The van der Waals surface area contributed by atoms with Gasteiger partial charge in [0.2, 0.25) is 0 Å². The molecule has 14 heavy (non-hydrogen) atoms. The fraction of sp³-hybridized carbons (Fsp3) is 1.00. The van der Waals surface area contributed by atoms with Gasteiger partial charge < -0.3 is 15.1 Å². The number of β-amino-alcohol motifs (C(OH)–C–C–N with tert-alkyl or cyclic N) is 1. The molecule has 1 heterocycles. The van der Waals surface area contributed by atoms with Gasteiger partial charge in [-0.2, -0.15) is 0 Å². The molecular formula is C11H21NO2. The van der Waals surface area contributed by atoms with Gasteiger partial charge in [-0.3, -0.25) is 0 Å². The molecule has 2 rings (SSSR count). The molecule has 1 saturated heterocycles. The molecule has 3 nitrogen and oxygen atoms in total. The Balaban J connectivity index is 2.01. The van der Waals surface area contributed by atoms with Gasteiger partial charge in [-0.1, -0.05) is 12.8 Å². The lowest BCUT2D eigenvalue weighted by Gasteiger charge is -2.28. The normalized spacial score (nSPS) is 31.7. The second-order valence-electron chi connectivity index (χ2n) is 4.91. The fourth-order valence-electron chi connectivity index (χ4n) is 3.35. The van der Waals surface area contributed by atoms with E-state index in [0.29, 0.717) is 17.9 Å². The van der Waals surface area contributed by atoms with Crippen molar-refractivity contribution in [3.05, 3.63) is 0 Å². The summed E-state index contributed by atoms with van der Waals surface area (Å²) in [6, 6.07) is 0. The zero-order valence-electron chi connectivity index (χ0n) is 8.78. The number of likely N-dealkylation sites (tertiary alicyclic amines) is 1. The first kappa shape index (κ1) is 10.4. The Bertz CT molecular complexity index is 190. The summed E-state index contributed by atoms with van der Waals surface area (Å²) in [6.07, 6.45) is 5.20. The van der Waals surface area contributed by atoms with Crippen LogP contribution < -0.4 is 0 Å². The molecule has 2 fully saturated rings. The van der Waals surface area contributed by atoms with Gasteiger partial charge in [-0.25, -0.2) is 0 Å². The summed E-state index contributed by atoms with van der Waals surface area (Å²) in [6.45, 7) is 3.42. The van der Waals surface area contributed by atoms with E-state index in [1.54, 1.807) is 0 Å². The number of aliphatic hydroxyl groups excluding tert-OH is 2. The number of hydrogen-bond acceptors (Lipinski definition) is 3. The molecule has 2 aliphatic rings. The predicted octanol–water partition coefficient (Wildman–Crippen LogP) is 0.463. The molecule has 0 aromatic rings. The molecule has 0 amide bonds. The van der Waals surface area contributed by atoms with E-state index in [-0.39, 0.29) is 6.61 Å². The molecule has 0 aromatic carbocycles. The molecule has 0 aromatic heterocycles. The lowest BCUT2D eigenvalue weighted by atomic mass is 9.77. The Morgan fingerprint density at radius 1 is 1.21 bits per heavy atom. The zero-order chi connectivity index (χ0) is 10.0. The quantitative estimate of drug-likeness (QED) is 0.694. The van der Waals surface area contributed by atoms with Crippen LogP contribution in [0.5, 0.6) is 0 Å². The van der Waals surface area contributed by atoms with Crippen molar-refractivity contribution in [2.24, 2.45) is 11.3 Å². The van der Waals surface area contributed by atoms with Crippen LogP contribution in [-0.2, 0) is 0 Å². The van der Waals surface area contributed by atoms with Crippen LogP contribution >= 0.6 is 0 Å². The van der Waals surface area contributed by atoms with Gasteiger partial charge in [-0.15, -0.1) is 0 Å². The SMILES string of the molecule is OCCN1C[C@H](CO)C2(CCCC2)C1. The van der Waals surface area contributed by atoms with Crippen molar-refractivity contribution in [1.82, 2.24) is 4.90 Å². The molecule has 0 unspecified atom stereocenters. The van der Waals surface area contributed by atoms with E-state index >= 15 is 0 Å². The molecule has 1 spiro atoms. The highest BCUT2D eigenvalue weighted by Crippen LogP contribution is 2.48. The smallest absolute Gasteiger partial charge is 0.0558 e. The molecular weight excluding hydrogens is 178 g/mol. The van der Waals surface area contributed by atoms with Gasteiger partial charge in [0.25, 0.3) is 0 Å². The Morgan fingerprint density at radius 3 is 2.50 bits per heavy atom. The van der Waals surface area contributed by atoms with E-state index in [0.717, 1.165) is 19.6 Å². The predicted molar refractivity (Wildman–Crippen MR) is 55.0 cm³/mol. The van der Waals surface area contributed by atoms with Crippen LogP contribution in [0.1, 0.15) is 25.7 Å².